The van der Waals surface area contributed by atoms with Crippen LogP contribution >= 0.6 is 0 Å². The Hall–Kier alpha value is -2.33. The van der Waals surface area contributed by atoms with E-state index in [0.717, 1.165) is 41.0 Å². The molecule has 114 valence electrons. The van der Waals surface area contributed by atoms with Crippen LogP contribution in [0, 0.1) is 0 Å². The van der Waals surface area contributed by atoms with Crippen LogP contribution in [0.5, 0.6) is 5.75 Å². The van der Waals surface area contributed by atoms with Gasteiger partial charge in [0.15, 0.2) is 0 Å². The molecule has 1 heterocycles. The number of hydrogen-bond acceptors (Lipinski definition) is 3. The van der Waals surface area contributed by atoms with E-state index in [4.69, 9.17) is 4.74 Å². The number of hydrogen-bond donors (Lipinski definition) is 2. The lowest BCUT2D eigenvalue weighted by Gasteiger charge is -2.15. The topological polar surface area (TPSA) is 58.6 Å². The molecule has 1 aliphatic rings. The zero-order valence-corrected chi connectivity index (χ0v) is 12.5. The molecule has 0 saturated heterocycles. The first-order chi connectivity index (χ1) is 10.7. The number of benzene rings is 2. The number of ether oxygens (including phenoxy) is 1. The van der Waals surface area contributed by atoms with Gasteiger partial charge in [0.25, 0.3) is 0 Å². The molecule has 22 heavy (non-hydrogen) atoms. The Labute approximate surface area is 129 Å². The highest BCUT2D eigenvalue weighted by molar-refractivity contribution is 5.92. The number of fused-ring (bicyclic) bond motifs is 1. The molecule has 0 aromatic heterocycles. The van der Waals surface area contributed by atoms with Crippen LogP contribution in [-0.2, 0) is 11.2 Å². The minimum Gasteiger partial charge on any atom is -0.497 e. The second-order valence-electron chi connectivity index (χ2n) is 5.49. The molecule has 0 aliphatic carbocycles. The molecule has 0 saturated carbocycles. The predicted octanol–water partition coefficient (Wildman–Crippen LogP) is 3.05. The third kappa shape index (κ3) is 2.97. The number of anilines is 1. The fourth-order valence-electron chi connectivity index (χ4n) is 2.74. The molecule has 0 spiro atoms. The van der Waals surface area contributed by atoms with Gasteiger partial charge in [-0.15, -0.1) is 0 Å². The summed E-state index contributed by atoms with van der Waals surface area (Å²) in [6.45, 7) is 0. The highest BCUT2D eigenvalue weighted by Gasteiger charge is 2.16. The van der Waals surface area contributed by atoms with Gasteiger partial charge in [0.05, 0.1) is 7.11 Å². The van der Waals surface area contributed by atoms with Gasteiger partial charge in [-0.1, -0.05) is 24.3 Å². The van der Waals surface area contributed by atoms with Crippen LogP contribution in [0.2, 0.25) is 0 Å². The summed E-state index contributed by atoms with van der Waals surface area (Å²) in [7, 11) is 1.62. The predicted molar refractivity (Wildman–Crippen MR) is 85.1 cm³/mol. The number of methoxy groups -OCH3 is 1. The van der Waals surface area contributed by atoms with Gasteiger partial charge in [0.2, 0.25) is 5.91 Å². The van der Waals surface area contributed by atoms with Crippen LogP contribution in [0.3, 0.4) is 0 Å². The highest BCUT2D eigenvalue weighted by Crippen LogP contribution is 2.29. The van der Waals surface area contributed by atoms with E-state index in [1.165, 1.54) is 0 Å². The van der Waals surface area contributed by atoms with Crippen LogP contribution in [0.15, 0.2) is 42.5 Å². The summed E-state index contributed by atoms with van der Waals surface area (Å²) in [5, 5.41) is 13.5. The fraction of sp³-hybridized carbons (Fsp3) is 0.278. The Morgan fingerprint density at radius 1 is 1.09 bits per heavy atom. The van der Waals surface area contributed by atoms with Crippen molar-refractivity contribution >= 4 is 11.6 Å². The van der Waals surface area contributed by atoms with Crippen molar-refractivity contribution in [1.29, 1.82) is 0 Å². The number of nitrogens with one attached hydrogen (secondary N) is 1. The lowest BCUT2D eigenvalue weighted by Crippen LogP contribution is -2.09. The van der Waals surface area contributed by atoms with Gasteiger partial charge in [-0.05, 0) is 47.7 Å². The molecule has 1 atom stereocenters. The normalized spacial score (nSPS) is 15.5. The third-order valence-corrected chi connectivity index (χ3v) is 4.00. The number of amides is 1. The maximum Gasteiger partial charge on any atom is 0.224 e. The Kier molecular flexibility index (Phi) is 4.11. The molecule has 2 aromatic rings. The van der Waals surface area contributed by atoms with Crippen LogP contribution in [0.1, 0.15) is 35.6 Å². The van der Waals surface area contributed by atoms with E-state index < -0.39 is 6.10 Å². The van der Waals surface area contributed by atoms with E-state index in [1.807, 2.05) is 42.5 Å². The molecule has 1 unspecified atom stereocenters. The fourth-order valence-corrected chi connectivity index (χ4v) is 2.74. The monoisotopic (exact) mass is 297 g/mol. The molecular weight excluding hydrogens is 278 g/mol. The SMILES string of the molecule is COc1ccc(C(O)c2ccc3c(c2)CCCC(=O)N3)cc1. The first-order valence-corrected chi connectivity index (χ1v) is 7.42. The quantitative estimate of drug-likeness (QED) is 0.915. The third-order valence-electron chi connectivity index (χ3n) is 4.00. The standard InChI is InChI=1S/C18H19NO3/c1-22-15-8-5-12(6-9-15)18(21)14-7-10-16-13(11-14)3-2-4-17(20)19-16/h5-11,18,21H,2-4H2,1H3,(H,19,20). The summed E-state index contributed by atoms with van der Waals surface area (Å²) in [5.41, 5.74) is 3.59. The number of carbonyl (C=O) groups is 1. The van der Waals surface area contributed by atoms with Crippen molar-refractivity contribution in [2.75, 3.05) is 12.4 Å². The van der Waals surface area contributed by atoms with Crippen molar-refractivity contribution in [3.8, 4) is 5.75 Å². The minimum absolute atomic E-state index is 0.0576. The maximum atomic E-state index is 11.6. The van der Waals surface area contributed by atoms with Crippen LogP contribution in [-0.4, -0.2) is 18.1 Å². The van der Waals surface area contributed by atoms with Gasteiger partial charge in [-0.2, -0.15) is 0 Å². The van der Waals surface area contributed by atoms with Gasteiger partial charge in [0.1, 0.15) is 11.9 Å². The Morgan fingerprint density at radius 3 is 2.55 bits per heavy atom. The van der Waals surface area contributed by atoms with E-state index in [1.54, 1.807) is 7.11 Å². The summed E-state index contributed by atoms with van der Waals surface area (Å²) in [5.74, 6) is 0.822. The summed E-state index contributed by atoms with van der Waals surface area (Å²) < 4.78 is 5.13. The van der Waals surface area contributed by atoms with E-state index in [9.17, 15) is 9.90 Å². The van der Waals surface area contributed by atoms with E-state index in [2.05, 4.69) is 5.32 Å². The van der Waals surface area contributed by atoms with Gasteiger partial charge < -0.3 is 15.2 Å². The molecule has 0 radical (unpaired) electrons. The van der Waals surface area contributed by atoms with Gasteiger partial charge in [-0.25, -0.2) is 0 Å². The molecule has 0 fully saturated rings. The molecular formula is C18H19NO3. The minimum atomic E-state index is -0.685. The average Bonchev–Trinajstić information content (AvgIpc) is 2.74. The molecule has 4 heteroatoms. The van der Waals surface area contributed by atoms with E-state index in [0.29, 0.717) is 6.42 Å². The summed E-state index contributed by atoms with van der Waals surface area (Å²) >= 11 is 0. The number of carbonyl (C=O) groups excluding carboxylic acids is 1. The summed E-state index contributed by atoms with van der Waals surface area (Å²) in [6.07, 6.45) is 1.54. The van der Waals surface area contributed by atoms with Gasteiger partial charge in [0, 0.05) is 12.1 Å². The van der Waals surface area contributed by atoms with Gasteiger partial charge in [-0.3, -0.25) is 4.79 Å². The highest BCUT2D eigenvalue weighted by atomic mass is 16.5. The van der Waals surface area contributed by atoms with Crippen molar-refractivity contribution in [2.24, 2.45) is 0 Å². The Bertz CT molecular complexity index is 679. The van der Waals surface area contributed by atoms with Gasteiger partial charge >= 0.3 is 0 Å². The number of aliphatic hydroxyl groups excluding tert-OH is 1. The van der Waals surface area contributed by atoms with E-state index >= 15 is 0 Å². The molecule has 1 aliphatic heterocycles. The van der Waals surface area contributed by atoms with E-state index in [-0.39, 0.29) is 5.91 Å². The largest absolute Gasteiger partial charge is 0.497 e. The Balaban J connectivity index is 1.87. The molecule has 3 rings (SSSR count). The number of rotatable bonds is 3. The molecule has 1 amide bonds. The number of aryl methyl sites for hydroxylation is 1. The first kappa shape index (κ1) is 14.6. The molecule has 2 aromatic carbocycles. The Morgan fingerprint density at radius 2 is 1.82 bits per heavy atom. The first-order valence-electron chi connectivity index (χ1n) is 7.42. The smallest absolute Gasteiger partial charge is 0.224 e. The van der Waals surface area contributed by atoms with Crippen LogP contribution in [0.4, 0.5) is 5.69 Å². The van der Waals surface area contributed by atoms with Crippen molar-refractivity contribution < 1.29 is 14.6 Å². The van der Waals surface area contributed by atoms with Crippen molar-refractivity contribution in [2.45, 2.75) is 25.4 Å². The zero-order chi connectivity index (χ0) is 15.5. The van der Waals surface area contributed by atoms with Crippen LogP contribution < -0.4 is 10.1 Å². The second-order valence-corrected chi connectivity index (χ2v) is 5.49. The average molecular weight is 297 g/mol. The summed E-state index contributed by atoms with van der Waals surface area (Å²) in [4.78, 5) is 11.6. The maximum absolute atomic E-state index is 11.6. The van der Waals surface area contributed by atoms with Crippen LogP contribution in [0.25, 0.3) is 0 Å². The van der Waals surface area contributed by atoms with Crippen molar-refractivity contribution in [3.63, 3.8) is 0 Å². The summed E-state index contributed by atoms with van der Waals surface area (Å²) in [6, 6.07) is 13.1. The van der Waals surface area contributed by atoms with Crippen molar-refractivity contribution in [1.82, 2.24) is 0 Å². The molecule has 2 N–H and O–H groups in total. The second kappa shape index (κ2) is 6.20. The lowest BCUT2D eigenvalue weighted by atomic mass is 9.97. The molecule has 0 bridgehead atoms. The van der Waals surface area contributed by atoms with Crippen molar-refractivity contribution in [3.05, 3.63) is 59.2 Å². The molecule has 4 nitrogen and oxygen atoms in total. The number of aliphatic hydroxyl groups is 1. The lowest BCUT2D eigenvalue weighted by molar-refractivity contribution is -0.116. The zero-order valence-electron chi connectivity index (χ0n) is 12.5.